The minimum atomic E-state index is -5.05. The minimum Gasteiger partial charge on any atom is -0.464 e. The van der Waals surface area contributed by atoms with E-state index in [9.17, 15) is 35.9 Å². The van der Waals surface area contributed by atoms with Gasteiger partial charge < -0.3 is 19.7 Å². The van der Waals surface area contributed by atoms with Crippen LogP contribution in [0.2, 0.25) is 0 Å². The van der Waals surface area contributed by atoms with Gasteiger partial charge in [-0.05, 0) is 24.6 Å². The van der Waals surface area contributed by atoms with E-state index in [-0.39, 0.29) is 31.5 Å². The Bertz CT molecular complexity index is 945. The molecule has 2 aromatic rings. The second-order valence-electron chi connectivity index (χ2n) is 6.61. The van der Waals surface area contributed by atoms with Crippen LogP contribution in [0.4, 0.5) is 36.8 Å². The van der Waals surface area contributed by atoms with Crippen molar-refractivity contribution in [3.8, 4) is 0 Å². The minimum absolute atomic E-state index is 0.00227. The van der Waals surface area contributed by atoms with Gasteiger partial charge in [0.05, 0.1) is 24.8 Å². The summed E-state index contributed by atoms with van der Waals surface area (Å²) < 4.78 is 87.9. The topological polar surface area (TPSA) is 80.8 Å². The van der Waals surface area contributed by atoms with Crippen LogP contribution in [-0.2, 0) is 28.4 Å². The van der Waals surface area contributed by atoms with Crippen molar-refractivity contribution < 1.29 is 45.4 Å². The van der Waals surface area contributed by atoms with Crippen molar-refractivity contribution in [3.63, 3.8) is 0 Å². The van der Waals surface area contributed by atoms with Crippen LogP contribution in [0.1, 0.15) is 33.0 Å². The molecule has 2 amide bonds. The Morgan fingerprint density at radius 3 is 2.18 bits per heavy atom. The number of carbonyl (C=O) groups excluding carboxylic acids is 2. The molecule has 0 atom stereocenters. The quantitative estimate of drug-likeness (QED) is 0.313. The highest BCUT2D eigenvalue weighted by Crippen LogP contribution is 2.37. The number of methoxy groups -OCH3 is 2. The van der Waals surface area contributed by atoms with Gasteiger partial charge in [-0.3, -0.25) is 0 Å². The second-order valence-corrected chi connectivity index (χ2v) is 7.55. The number of hydrogen-bond donors (Lipinski definition) is 1. The van der Waals surface area contributed by atoms with E-state index in [4.69, 9.17) is 4.74 Å². The number of benzene rings is 1. The zero-order chi connectivity index (χ0) is 24.8. The number of amides is 2. The Labute approximate surface area is 188 Å². The molecule has 0 radical (unpaired) electrons. The van der Waals surface area contributed by atoms with E-state index in [0.717, 1.165) is 23.3 Å². The number of nitrogens with one attached hydrogen (secondary N) is 1. The Morgan fingerprint density at radius 2 is 1.67 bits per heavy atom. The summed E-state index contributed by atoms with van der Waals surface area (Å²) in [6, 6.07) is -0.151. The number of aromatic nitrogens is 1. The number of nitrogens with zero attached hydrogens (tertiary/aromatic N) is 2. The summed E-state index contributed by atoms with van der Waals surface area (Å²) in [6.45, 7) is 0.150. The van der Waals surface area contributed by atoms with Crippen molar-refractivity contribution in [1.82, 2.24) is 9.88 Å². The maximum absolute atomic E-state index is 13.1. The highest BCUT2D eigenvalue weighted by molar-refractivity contribution is 7.09. The van der Waals surface area contributed by atoms with Gasteiger partial charge in [0.25, 0.3) is 0 Å². The number of alkyl halides is 6. The number of urea groups is 1. The Kier molecular flexibility index (Phi) is 8.66. The lowest BCUT2D eigenvalue weighted by atomic mass is 10.1. The van der Waals surface area contributed by atoms with E-state index < -0.39 is 41.2 Å². The highest BCUT2D eigenvalue weighted by Gasteiger charge is 2.37. The molecule has 1 heterocycles. The van der Waals surface area contributed by atoms with Crippen molar-refractivity contribution in [3.05, 3.63) is 45.4 Å². The zero-order valence-electron chi connectivity index (χ0n) is 17.3. The first-order chi connectivity index (χ1) is 15.3. The van der Waals surface area contributed by atoms with Crippen molar-refractivity contribution in [2.24, 2.45) is 0 Å². The van der Waals surface area contributed by atoms with Gasteiger partial charge in [0.1, 0.15) is 5.01 Å². The summed E-state index contributed by atoms with van der Waals surface area (Å²) in [5.41, 5.74) is -3.78. The van der Waals surface area contributed by atoms with Crippen LogP contribution in [0.3, 0.4) is 0 Å². The third kappa shape index (κ3) is 7.60. The molecule has 182 valence electrons. The van der Waals surface area contributed by atoms with Gasteiger partial charge in [0.2, 0.25) is 0 Å². The molecule has 0 aliphatic heterocycles. The van der Waals surface area contributed by atoms with Gasteiger partial charge in [0.15, 0.2) is 5.69 Å². The molecule has 1 N–H and O–H groups in total. The van der Waals surface area contributed by atoms with Crippen molar-refractivity contribution in [2.75, 3.05) is 32.7 Å². The SMILES string of the molecule is COCCCN(Cc1nc(C(=O)OC)cs1)C(=O)Nc1cc(C(F)(F)F)cc(C(F)(F)F)c1. The number of thiazole rings is 1. The number of hydrogen-bond acceptors (Lipinski definition) is 6. The summed E-state index contributed by atoms with van der Waals surface area (Å²) in [4.78, 5) is 29.4. The van der Waals surface area contributed by atoms with Crippen molar-refractivity contribution in [1.29, 1.82) is 0 Å². The smallest absolute Gasteiger partial charge is 0.416 e. The maximum Gasteiger partial charge on any atom is 0.416 e. The average molecular weight is 499 g/mol. The summed E-state index contributed by atoms with van der Waals surface area (Å²) in [5, 5.41) is 3.79. The van der Waals surface area contributed by atoms with Crippen LogP contribution >= 0.6 is 11.3 Å². The lowest BCUT2D eigenvalue weighted by Crippen LogP contribution is -2.36. The first kappa shape index (κ1) is 26.4. The fourth-order valence-corrected chi connectivity index (χ4v) is 3.40. The van der Waals surface area contributed by atoms with E-state index >= 15 is 0 Å². The van der Waals surface area contributed by atoms with Crippen LogP contribution in [0.15, 0.2) is 23.6 Å². The molecule has 1 aromatic carbocycles. The largest absolute Gasteiger partial charge is 0.464 e. The molecule has 2 rings (SSSR count). The maximum atomic E-state index is 13.1. The van der Waals surface area contributed by atoms with E-state index in [1.54, 1.807) is 0 Å². The first-order valence-electron chi connectivity index (χ1n) is 9.22. The van der Waals surface area contributed by atoms with E-state index in [1.165, 1.54) is 12.5 Å². The molecule has 0 saturated carbocycles. The third-order valence-electron chi connectivity index (χ3n) is 4.18. The van der Waals surface area contributed by atoms with Gasteiger partial charge in [-0.15, -0.1) is 11.3 Å². The van der Waals surface area contributed by atoms with Gasteiger partial charge >= 0.3 is 24.4 Å². The molecule has 0 aliphatic rings. The number of esters is 1. The fraction of sp³-hybridized carbons (Fsp3) is 0.421. The molecule has 14 heteroatoms. The number of ether oxygens (including phenoxy) is 2. The molecule has 1 aromatic heterocycles. The number of halogens is 6. The first-order valence-corrected chi connectivity index (χ1v) is 10.1. The third-order valence-corrected chi connectivity index (χ3v) is 5.01. The monoisotopic (exact) mass is 499 g/mol. The zero-order valence-corrected chi connectivity index (χ0v) is 18.2. The fourth-order valence-electron chi connectivity index (χ4n) is 2.63. The van der Waals surface area contributed by atoms with Crippen LogP contribution in [0.25, 0.3) is 0 Å². The molecule has 0 unspecified atom stereocenters. The van der Waals surface area contributed by atoms with E-state index in [1.807, 2.05) is 0 Å². The van der Waals surface area contributed by atoms with Crippen molar-refractivity contribution >= 4 is 29.0 Å². The van der Waals surface area contributed by atoms with Crippen LogP contribution in [0.5, 0.6) is 0 Å². The molecule has 0 spiro atoms. The molecule has 0 fully saturated rings. The van der Waals surface area contributed by atoms with Crippen molar-refractivity contribution in [2.45, 2.75) is 25.3 Å². The predicted octanol–water partition coefficient (Wildman–Crippen LogP) is 5.04. The van der Waals surface area contributed by atoms with Crippen LogP contribution < -0.4 is 5.32 Å². The summed E-state index contributed by atoms with van der Waals surface area (Å²) in [5.74, 6) is -0.698. The lowest BCUT2D eigenvalue weighted by Gasteiger charge is -2.23. The number of rotatable bonds is 8. The molecule has 7 nitrogen and oxygen atoms in total. The standard InChI is InChI=1S/C19H19F6N3O4S/c1-31-5-3-4-28(9-15-27-14(10-33-15)16(29)32-2)17(30)26-13-7-11(18(20,21)22)6-12(8-13)19(23,24)25/h6-8,10H,3-5,9H2,1-2H3,(H,26,30). The van der Waals surface area contributed by atoms with E-state index in [0.29, 0.717) is 23.6 Å². The average Bonchev–Trinajstić information content (AvgIpc) is 3.19. The van der Waals surface area contributed by atoms with Crippen LogP contribution in [0, 0.1) is 0 Å². The molecule has 33 heavy (non-hydrogen) atoms. The molecule has 0 bridgehead atoms. The predicted molar refractivity (Wildman–Crippen MR) is 106 cm³/mol. The van der Waals surface area contributed by atoms with Gasteiger partial charge in [-0.25, -0.2) is 14.6 Å². The Morgan fingerprint density at radius 1 is 1.06 bits per heavy atom. The second kappa shape index (κ2) is 10.8. The van der Waals surface area contributed by atoms with Gasteiger partial charge in [-0.2, -0.15) is 26.3 Å². The van der Waals surface area contributed by atoms with Crippen LogP contribution in [-0.4, -0.2) is 49.3 Å². The Balaban J connectivity index is 2.29. The summed E-state index contributed by atoms with van der Waals surface area (Å²) in [6.07, 6.45) is -9.77. The molecule has 0 aliphatic carbocycles. The highest BCUT2D eigenvalue weighted by atomic mass is 32.1. The number of anilines is 1. The summed E-state index contributed by atoms with van der Waals surface area (Å²) >= 11 is 1.03. The molecular weight excluding hydrogens is 480 g/mol. The summed E-state index contributed by atoms with van der Waals surface area (Å²) in [7, 11) is 2.59. The van der Waals surface area contributed by atoms with Gasteiger partial charge in [-0.1, -0.05) is 0 Å². The van der Waals surface area contributed by atoms with Gasteiger partial charge in [0, 0.05) is 31.3 Å². The molecular formula is C19H19F6N3O4S. The molecule has 0 saturated heterocycles. The lowest BCUT2D eigenvalue weighted by molar-refractivity contribution is -0.143. The number of carbonyl (C=O) groups is 2. The normalized spacial score (nSPS) is 11.9. The van der Waals surface area contributed by atoms with E-state index in [2.05, 4.69) is 15.0 Å². The Hall–Kier alpha value is -2.87.